The number of oxazole rings is 1. The molecule has 0 aliphatic carbocycles. The van der Waals surface area contributed by atoms with Gasteiger partial charge < -0.3 is 13.9 Å². The van der Waals surface area contributed by atoms with Gasteiger partial charge >= 0.3 is 5.69 Å². The number of nitrogens with zero attached hydrogens (tertiary/aromatic N) is 6. The molecular formula is C28H30N6O3S. The van der Waals surface area contributed by atoms with Gasteiger partial charge in [0.1, 0.15) is 5.52 Å². The molecule has 4 heterocycles. The number of thioether (sulfide) groups is 1. The number of hydrogen-bond donors (Lipinski definition) is 0. The lowest BCUT2D eigenvalue weighted by Crippen LogP contribution is -2.38. The van der Waals surface area contributed by atoms with Crippen molar-refractivity contribution < 1.29 is 4.42 Å². The summed E-state index contributed by atoms with van der Waals surface area (Å²) in [6.45, 7) is 2.24. The first-order chi connectivity index (χ1) is 18.5. The number of benzene rings is 2. The Bertz CT molecular complexity index is 1680. The lowest BCUT2D eigenvalue weighted by molar-refractivity contribution is 0.398. The Morgan fingerprint density at radius 2 is 1.68 bits per heavy atom. The van der Waals surface area contributed by atoms with Crippen LogP contribution in [-0.4, -0.2) is 42.5 Å². The zero-order valence-corrected chi connectivity index (χ0v) is 22.4. The van der Waals surface area contributed by atoms with Gasteiger partial charge in [0, 0.05) is 39.5 Å². The van der Waals surface area contributed by atoms with Gasteiger partial charge in [-0.2, -0.15) is 4.98 Å². The minimum Gasteiger partial charge on any atom is -0.431 e. The smallest absolute Gasteiger partial charge is 0.332 e. The van der Waals surface area contributed by atoms with Crippen LogP contribution in [0.25, 0.3) is 22.3 Å². The SMILES string of the molecule is Cn1c(=O)c2c(nc(N3CCC(Cc4ccccc4)CC3)n2CCSc2nc3ccccc3o2)n(C)c1=O. The second-order valence-corrected chi connectivity index (χ2v) is 10.9. The summed E-state index contributed by atoms with van der Waals surface area (Å²) in [4.78, 5) is 37.6. The van der Waals surface area contributed by atoms with E-state index in [-0.39, 0.29) is 11.2 Å². The number of para-hydroxylation sites is 2. The van der Waals surface area contributed by atoms with Crippen LogP contribution in [0.15, 0.2) is 73.8 Å². The van der Waals surface area contributed by atoms with E-state index in [1.807, 2.05) is 28.8 Å². The molecule has 10 heteroatoms. The summed E-state index contributed by atoms with van der Waals surface area (Å²) in [6, 6.07) is 18.3. The number of hydrogen-bond acceptors (Lipinski definition) is 7. The van der Waals surface area contributed by atoms with E-state index in [4.69, 9.17) is 9.40 Å². The van der Waals surface area contributed by atoms with Crippen molar-refractivity contribution in [1.82, 2.24) is 23.7 Å². The molecule has 1 saturated heterocycles. The van der Waals surface area contributed by atoms with Crippen molar-refractivity contribution in [3.05, 3.63) is 81.0 Å². The third-order valence-corrected chi connectivity index (χ3v) is 8.22. The van der Waals surface area contributed by atoms with Gasteiger partial charge in [-0.3, -0.25) is 13.9 Å². The topological polar surface area (TPSA) is 91.1 Å². The fourth-order valence-corrected chi connectivity index (χ4v) is 6.07. The van der Waals surface area contributed by atoms with Gasteiger partial charge in [-0.25, -0.2) is 9.78 Å². The molecule has 5 aromatic rings. The maximum Gasteiger partial charge on any atom is 0.332 e. The number of piperidine rings is 1. The van der Waals surface area contributed by atoms with Crippen LogP contribution < -0.4 is 16.1 Å². The molecule has 9 nitrogen and oxygen atoms in total. The Labute approximate surface area is 223 Å². The number of rotatable bonds is 7. The van der Waals surface area contributed by atoms with Gasteiger partial charge in [-0.15, -0.1) is 0 Å². The first kappa shape index (κ1) is 24.5. The van der Waals surface area contributed by atoms with Crippen LogP contribution in [0.1, 0.15) is 18.4 Å². The molecule has 1 fully saturated rings. The molecule has 0 radical (unpaired) electrons. The van der Waals surface area contributed by atoms with Crippen LogP contribution in [0.2, 0.25) is 0 Å². The predicted molar refractivity (Wildman–Crippen MR) is 150 cm³/mol. The lowest BCUT2D eigenvalue weighted by atomic mass is 9.90. The summed E-state index contributed by atoms with van der Waals surface area (Å²) in [5.74, 6) is 2.00. The molecule has 0 atom stereocenters. The second-order valence-electron chi connectivity index (χ2n) is 9.86. The molecule has 0 bridgehead atoms. The summed E-state index contributed by atoms with van der Waals surface area (Å²) in [5, 5.41) is 0.596. The minimum atomic E-state index is -0.374. The summed E-state index contributed by atoms with van der Waals surface area (Å²) < 4.78 is 10.5. The Kier molecular flexibility index (Phi) is 6.57. The van der Waals surface area contributed by atoms with Crippen molar-refractivity contribution in [1.29, 1.82) is 0 Å². The van der Waals surface area contributed by atoms with Crippen molar-refractivity contribution in [2.24, 2.45) is 20.0 Å². The van der Waals surface area contributed by atoms with Crippen LogP contribution in [0.5, 0.6) is 0 Å². The van der Waals surface area contributed by atoms with Gasteiger partial charge in [0.05, 0.1) is 0 Å². The average Bonchev–Trinajstić information content (AvgIpc) is 3.53. The van der Waals surface area contributed by atoms with E-state index in [0.717, 1.165) is 54.0 Å². The summed E-state index contributed by atoms with van der Waals surface area (Å²) in [7, 11) is 3.19. The highest BCUT2D eigenvalue weighted by atomic mass is 32.2. The Balaban J connectivity index is 1.27. The molecule has 0 N–H and O–H groups in total. The second kappa shape index (κ2) is 10.2. The Hall–Kier alpha value is -3.79. The molecule has 1 aliphatic heterocycles. The van der Waals surface area contributed by atoms with Crippen LogP contribution >= 0.6 is 11.8 Å². The van der Waals surface area contributed by atoms with Crippen LogP contribution in [0.4, 0.5) is 5.95 Å². The molecule has 2 aromatic carbocycles. The van der Waals surface area contributed by atoms with E-state index in [1.165, 1.54) is 28.9 Å². The van der Waals surface area contributed by atoms with Crippen molar-refractivity contribution in [2.45, 2.75) is 31.0 Å². The zero-order valence-electron chi connectivity index (χ0n) is 21.5. The molecule has 196 valence electrons. The molecule has 0 spiro atoms. The highest BCUT2D eigenvalue weighted by Gasteiger charge is 2.26. The number of aryl methyl sites for hydroxylation is 2. The van der Waals surface area contributed by atoms with Crippen molar-refractivity contribution in [3.8, 4) is 0 Å². The predicted octanol–water partition coefficient (Wildman–Crippen LogP) is 3.83. The first-order valence-corrected chi connectivity index (χ1v) is 13.9. The third-order valence-electron chi connectivity index (χ3n) is 7.41. The van der Waals surface area contributed by atoms with E-state index in [0.29, 0.717) is 34.6 Å². The van der Waals surface area contributed by atoms with Gasteiger partial charge in [-0.05, 0) is 42.9 Å². The van der Waals surface area contributed by atoms with Gasteiger partial charge in [0.15, 0.2) is 16.7 Å². The molecule has 0 saturated carbocycles. The maximum atomic E-state index is 13.3. The van der Waals surface area contributed by atoms with E-state index in [9.17, 15) is 9.59 Å². The number of aromatic nitrogens is 5. The minimum absolute atomic E-state index is 0.326. The van der Waals surface area contributed by atoms with Crippen molar-refractivity contribution in [2.75, 3.05) is 23.7 Å². The molecule has 3 aromatic heterocycles. The summed E-state index contributed by atoms with van der Waals surface area (Å²) in [6.07, 6.45) is 3.17. The molecule has 38 heavy (non-hydrogen) atoms. The summed E-state index contributed by atoms with van der Waals surface area (Å²) in [5.41, 5.74) is 3.12. The molecule has 0 amide bonds. The third kappa shape index (κ3) is 4.53. The van der Waals surface area contributed by atoms with Gasteiger partial charge in [0.2, 0.25) is 5.95 Å². The highest BCUT2D eigenvalue weighted by Crippen LogP contribution is 2.29. The fraction of sp³-hybridized carbons (Fsp3) is 0.357. The molecular weight excluding hydrogens is 500 g/mol. The van der Waals surface area contributed by atoms with Crippen LogP contribution in [-0.2, 0) is 27.1 Å². The maximum absolute atomic E-state index is 13.3. The molecule has 1 aliphatic rings. The Morgan fingerprint density at radius 3 is 2.45 bits per heavy atom. The number of fused-ring (bicyclic) bond motifs is 2. The largest absolute Gasteiger partial charge is 0.431 e. The summed E-state index contributed by atoms with van der Waals surface area (Å²) >= 11 is 1.51. The number of imidazole rings is 1. The van der Waals surface area contributed by atoms with Crippen LogP contribution in [0, 0.1) is 5.92 Å². The van der Waals surface area contributed by atoms with Gasteiger partial charge in [-0.1, -0.05) is 54.2 Å². The van der Waals surface area contributed by atoms with E-state index >= 15 is 0 Å². The first-order valence-electron chi connectivity index (χ1n) is 12.9. The highest BCUT2D eigenvalue weighted by molar-refractivity contribution is 7.99. The van der Waals surface area contributed by atoms with Crippen LogP contribution in [0.3, 0.4) is 0 Å². The van der Waals surface area contributed by atoms with E-state index in [2.05, 4.69) is 40.2 Å². The lowest BCUT2D eigenvalue weighted by Gasteiger charge is -2.33. The zero-order chi connectivity index (χ0) is 26.2. The normalized spacial score (nSPS) is 14.6. The number of anilines is 1. The monoisotopic (exact) mass is 530 g/mol. The van der Waals surface area contributed by atoms with E-state index < -0.39 is 0 Å². The quantitative estimate of drug-likeness (QED) is 0.296. The van der Waals surface area contributed by atoms with Crippen molar-refractivity contribution in [3.63, 3.8) is 0 Å². The molecule has 6 rings (SSSR count). The standard InChI is InChI=1S/C28H30N6O3S/c1-31-24-23(25(35)32(2)28(31)36)34(16-17-38-27-29-21-10-6-7-11-22(21)37-27)26(30-24)33-14-12-20(13-15-33)18-19-8-4-3-5-9-19/h3-11,20H,12-18H2,1-2H3. The Morgan fingerprint density at radius 1 is 0.947 bits per heavy atom. The van der Waals surface area contributed by atoms with Crippen molar-refractivity contribution >= 4 is 40.0 Å². The average molecular weight is 531 g/mol. The van der Waals surface area contributed by atoms with E-state index in [1.54, 1.807) is 7.05 Å². The van der Waals surface area contributed by atoms with Gasteiger partial charge in [0.25, 0.3) is 10.8 Å². The molecule has 0 unspecified atom stereocenters. The fourth-order valence-electron chi connectivity index (χ4n) is 5.31.